The lowest BCUT2D eigenvalue weighted by Gasteiger charge is -2.05. The molecule has 1 heterocycles. The number of aromatic hydroxyl groups is 1. The molecular formula is C20H20N2O5. The number of Topliss-reactive ketones (excluding diaryl/α,β-unsaturated/α-hetero) is 1. The van der Waals surface area contributed by atoms with Crippen molar-refractivity contribution in [2.75, 3.05) is 13.7 Å². The lowest BCUT2D eigenvalue weighted by atomic mass is 10.0. The van der Waals surface area contributed by atoms with Gasteiger partial charge in [0, 0.05) is 5.69 Å². The lowest BCUT2D eigenvalue weighted by molar-refractivity contribution is 0.0525. The Balaban J connectivity index is 2.45. The SMILES string of the molecule is CCOC(=O)c1c(C)[nH]c(C(=O)/C(C#N)=C/c2ccc(O)c(OC)c2)c1C. The van der Waals surface area contributed by atoms with Crippen molar-refractivity contribution in [3.63, 3.8) is 0 Å². The van der Waals surface area contributed by atoms with E-state index in [2.05, 4.69) is 4.98 Å². The molecule has 0 aliphatic carbocycles. The van der Waals surface area contributed by atoms with Crippen molar-refractivity contribution < 1.29 is 24.2 Å². The molecule has 0 aliphatic heterocycles. The highest BCUT2D eigenvalue weighted by atomic mass is 16.5. The van der Waals surface area contributed by atoms with Crippen molar-refractivity contribution in [1.82, 2.24) is 4.98 Å². The number of nitriles is 1. The molecule has 27 heavy (non-hydrogen) atoms. The number of carbonyl (C=O) groups is 2. The van der Waals surface area contributed by atoms with Gasteiger partial charge in [-0.05, 0) is 50.1 Å². The first-order valence-electron chi connectivity index (χ1n) is 8.23. The average molecular weight is 368 g/mol. The van der Waals surface area contributed by atoms with Gasteiger partial charge in [0.15, 0.2) is 11.5 Å². The van der Waals surface area contributed by atoms with Crippen molar-refractivity contribution in [1.29, 1.82) is 5.26 Å². The van der Waals surface area contributed by atoms with E-state index in [0.717, 1.165) is 0 Å². The van der Waals surface area contributed by atoms with Crippen LogP contribution in [0.1, 0.15) is 44.6 Å². The van der Waals surface area contributed by atoms with E-state index in [1.807, 2.05) is 6.07 Å². The molecule has 0 aliphatic rings. The zero-order valence-corrected chi connectivity index (χ0v) is 15.5. The molecule has 0 spiro atoms. The van der Waals surface area contributed by atoms with Crippen LogP contribution < -0.4 is 4.74 Å². The molecule has 140 valence electrons. The van der Waals surface area contributed by atoms with Crippen LogP contribution in [0.3, 0.4) is 0 Å². The minimum atomic E-state index is -0.541. The Hall–Kier alpha value is -3.53. The fourth-order valence-corrected chi connectivity index (χ4v) is 2.72. The topological polar surface area (TPSA) is 112 Å². The van der Waals surface area contributed by atoms with E-state index in [0.29, 0.717) is 22.4 Å². The normalized spacial score (nSPS) is 11.0. The highest BCUT2D eigenvalue weighted by Gasteiger charge is 2.24. The quantitative estimate of drug-likeness (QED) is 0.350. The van der Waals surface area contributed by atoms with Crippen LogP contribution in [0.15, 0.2) is 23.8 Å². The number of esters is 1. The molecule has 0 saturated carbocycles. The van der Waals surface area contributed by atoms with Gasteiger partial charge in [-0.25, -0.2) is 4.79 Å². The van der Waals surface area contributed by atoms with E-state index in [1.54, 1.807) is 26.8 Å². The average Bonchev–Trinajstić information content (AvgIpc) is 2.94. The van der Waals surface area contributed by atoms with E-state index in [4.69, 9.17) is 9.47 Å². The Morgan fingerprint density at radius 3 is 2.63 bits per heavy atom. The molecule has 0 unspecified atom stereocenters. The molecule has 1 aromatic carbocycles. The van der Waals surface area contributed by atoms with Gasteiger partial charge in [0.2, 0.25) is 5.78 Å². The molecule has 0 bridgehead atoms. The second kappa shape index (κ2) is 8.23. The number of nitrogens with one attached hydrogen (secondary N) is 1. The first kappa shape index (κ1) is 19.8. The summed E-state index contributed by atoms with van der Waals surface area (Å²) in [6, 6.07) is 6.36. The molecule has 7 nitrogen and oxygen atoms in total. The maximum Gasteiger partial charge on any atom is 0.340 e. The van der Waals surface area contributed by atoms with Crippen LogP contribution in [0.5, 0.6) is 11.5 Å². The van der Waals surface area contributed by atoms with Crippen LogP contribution in [-0.4, -0.2) is 35.6 Å². The van der Waals surface area contributed by atoms with Gasteiger partial charge in [-0.1, -0.05) is 6.07 Å². The molecule has 2 rings (SSSR count). The van der Waals surface area contributed by atoms with Gasteiger partial charge in [-0.3, -0.25) is 4.79 Å². The zero-order valence-electron chi connectivity index (χ0n) is 15.5. The van der Waals surface area contributed by atoms with Gasteiger partial charge in [0.1, 0.15) is 11.6 Å². The molecule has 0 atom stereocenters. The Labute approximate surface area is 156 Å². The smallest absolute Gasteiger partial charge is 0.340 e. The number of phenolic OH excluding ortho intramolecular Hbond substituents is 1. The van der Waals surface area contributed by atoms with Crippen LogP contribution in [0.4, 0.5) is 0 Å². The number of rotatable bonds is 6. The Bertz CT molecular complexity index is 963. The van der Waals surface area contributed by atoms with Crippen LogP contribution in [0.2, 0.25) is 0 Å². The van der Waals surface area contributed by atoms with Crippen molar-refractivity contribution in [3.05, 3.63) is 51.9 Å². The predicted octanol–water partition coefficient (Wildman–Crippen LogP) is 3.31. The number of hydrogen-bond acceptors (Lipinski definition) is 6. The zero-order chi connectivity index (χ0) is 20.1. The standard InChI is InChI=1S/C20H20N2O5/c1-5-27-20(25)17-11(2)18(22-12(17)3)19(24)14(10-21)8-13-6-7-15(23)16(9-13)26-4/h6-9,22-23H,5H2,1-4H3/b14-8+. The summed E-state index contributed by atoms with van der Waals surface area (Å²) in [6.07, 6.45) is 1.39. The monoisotopic (exact) mass is 368 g/mol. The molecule has 0 radical (unpaired) electrons. The summed E-state index contributed by atoms with van der Waals surface area (Å²) in [4.78, 5) is 27.8. The van der Waals surface area contributed by atoms with Crippen molar-refractivity contribution in [3.8, 4) is 17.6 Å². The van der Waals surface area contributed by atoms with Gasteiger partial charge in [0.05, 0.1) is 25.0 Å². The minimum Gasteiger partial charge on any atom is -0.504 e. The number of ether oxygens (including phenoxy) is 2. The third-order valence-electron chi connectivity index (χ3n) is 4.02. The lowest BCUT2D eigenvalue weighted by Crippen LogP contribution is -2.08. The van der Waals surface area contributed by atoms with Gasteiger partial charge >= 0.3 is 5.97 Å². The number of benzene rings is 1. The second-order valence-electron chi connectivity index (χ2n) is 5.78. The Morgan fingerprint density at radius 2 is 2.04 bits per heavy atom. The highest BCUT2D eigenvalue weighted by Crippen LogP contribution is 2.28. The molecule has 2 aromatic rings. The minimum absolute atomic E-state index is 0.0469. The maximum absolute atomic E-state index is 12.8. The van der Waals surface area contributed by atoms with Crippen LogP contribution in [0, 0.1) is 25.2 Å². The van der Waals surface area contributed by atoms with Crippen LogP contribution >= 0.6 is 0 Å². The van der Waals surface area contributed by atoms with E-state index < -0.39 is 11.8 Å². The van der Waals surface area contributed by atoms with Crippen molar-refractivity contribution in [2.24, 2.45) is 0 Å². The molecule has 0 fully saturated rings. The van der Waals surface area contributed by atoms with Gasteiger partial charge in [-0.2, -0.15) is 5.26 Å². The summed E-state index contributed by atoms with van der Waals surface area (Å²) in [5.74, 6) is -0.881. The summed E-state index contributed by atoms with van der Waals surface area (Å²) < 4.78 is 10.0. The first-order chi connectivity index (χ1) is 12.8. The van der Waals surface area contributed by atoms with E-state index >= 15 is 0 Å². The number of hydrogen-bond donors (Lipinski definition) is 2. The third kappa shape index (κ3) is 4.01. The van der Waals surface area contributed by atoms with Gasteiger partial charge < -0.3 is 19.6 Å². The largest absolute Gasteiger partial charge is 0.504 e. The molecule has 7 heteroatoms. The predicted molar refractivity (Wildman–Crippen MR) is 98.8 cm³/mol. The number of methoxy groups -OCH3 is 1. The molecular weight excluding hydrogens is 348 g/mol. The number of H-pyrrole nitrogens is 1. The molecule has 2 N–H and O–H groups in total. The number of nitrogens with zero attached hydrogens (tertiary/aromatic N) is 1. The summed E-state index contributed by atoms with van der Waals surface area (Å²) in [5.41, 5.74) is 1.78. The number of phenols is 1. The second-order valence-corrected chi connectivity index (χ2v) is 5.78. The highest BCUT2D eigenvalue weighted by molar-refractivity contribution is 6.15. The number of aromatic amines is 1. The summed E-state index contributed by atoms with van der Waals surface area (Å²) in [7, 11) is 1.40. The molecule has 0 saturated heterocycles. The number of aromatic nitrogens is 1. The van der Waals surface area contributed by atoms with Crippen LogP contribution in [0.25, 0.3) is 6.08 Å². The number of allylic oxidation sites excluding steroid dienone is 1. The fraction of sp³-hybridized carbons (Fsp3) is 0.250. The fourth-order valence-electron chi connectivity index (χ4n) is 2.72. The van der Waals surface area contributed by atoms with E-state index in [-0.39, 0.29) is 29.4 Å². The molecule has 1 aromatic heterocycles. The van der Waals surface area contributed by atoms with Crippen molar-refractivity contribution >= 4 is 17.8 Å². The Morgan fingerprint density at radius 1 is 1.33 bits per heavy atom. The maximum atomic E-state index is 12.8. The summed E-state index contributed by atoms with van der Waals surface area (Å²) in [6.45, 7) is 5.21. The molecule has 0 amide bonds. The van der Waals surface area contributed by atoms with E-state index in [1.165, 1.54) is 25.3 Å². The van der Waals surface area contributed by atoms with E-state index in [9.17, 15) is 20.0 Å². The first-order valence-corrected chi connectivity index (χ1v) is 8.23. The number of aryl methyl sites for hydroxylation is 1. The summed E-state index contributed by atoms with van der Waals surface area (Å²) in [5, 5.41) is 19.1. The van der Waals surface area contributed by atoms with Crippen molar-refractivity contribution in [2.45, 2.75) is 20.8 Å². The van der Waals surface area contributed by atoms with Gasteiger partial charge in [0.25, 0.3) is 0 Å². The van der Waals surface area contributed by atoms with Crippen LogP contribution in [-0.2, 0) is 4.74 Å². The summed E-state index contributed by atoms with van der Waals surface area (Å²) >= 11 is 0. The number of carbonyl (C=O) groups excluding carboxylic acids is 2. The number of ketones is 1. The third-order valence-corrected chi connectivity index (χ3v) is 4.02. The van der Waals surface area contributed by atoms with Gasteiger partial charge in [-0.15, -0.1) is 0 Å². The Kier molecular flexibility index (Phi) is 6.03.